The van der Waals surface area contributed by atoms with E-state index in [-0.39, 0.29) is 5.54 Å². The van der Waals surface area contributed by atoms with Gasteiger partial charge in [0.2, 0.25) is 0 Å². The number of nitrogens with zero attached hydrogens (tertiary/aromatic N) is 1. The Morgan fingerprint density at radius 2 is 1.29 bits per heavy atom. The summed E-state index contributed by atoms with van der Waals surface area (Å²) in [4.78, 5) is 2.56. The number of hydrogen-bond acceptors (Lipinski definition) is 2. The molecule has 1 N–H and O–H groups in total. The zero-order valence-electron chi connectivity index (χ0n) is 15.6. The quantitative estimate of drug-likeness (QED) is 0.756. The Bertz CT molecular complexity index is 530. The van der Waals surface area contributed by atoms with Crippen molar-refractivity contribution in [3.05, 3.63) is 71.8 Å². The van der Waals surface area contributed by atoms with Crippen molar-refractivity contribution >= 4 is 0 Å². The maximum atomic E-state index is 3.63. The summed E-state index contributed by atoms with van der Waals surface area (Å²) in [6.45, 7) is 13.1. The van der Waals surface area contributed by atoms with E-state index in [1.807, 2.05) is 0 Å². The molecule has 0 radical (unpaired) electrons. The van der Waals surface area contributed by atoms with Crippen LogP contribution in [0.15, 0.2) is 60.7 Å². The minimum absolute atomic E-state index is 0.179. The summed E-state index contributed by atoms with van der Waals surface area (Å²) in [6.07, 6.45) is 0. The Morgan fingerprint density at radius 3 is 1.71 bits per heavy atom. The molecule has 2 heteroatoms. The van der Waals surface area contributed by atoms with Gasteiger partial charge in [-0.2, -0.15) is 0 Å². The first-order valence-electron chi connectivity index (χ1n) is 8.97. The van der Waals surface area contributed by atoms with Crippen LogP contribution in [0, 0.1) is 5.92 Å². The average molecular weight is 325 g/mol. The molecule has 2 aromatic carbocycles. The molecule has 0 aliphatic carbocycles. The van der Waals surface area contributed by atoms with Crippen LogP contribution in [-0.2, 0) is 13.1 Å². The third kappa shape index (κ3) is 7.29. The first-order valence-corrected chi connectivity index (χ1v) is 8.97. The third-order valence-electron chi connectivity index (χ3n) is 4.05. The molecule has 2 aromatic rings. The van der Waals surface area contributed by atoms with Gasteiger partial charge in [0.1, 0.15) is 0 Å². The molecule has 0 heterocycles. The largest absolute Gasteiger partial charge is 0.312 e. The molecule has 2 nitrogen and oxygen atoms in total. The number of benzene rings is 2. The fourth-order valence-electron chi connectivity index (χ4n) is 2.85. The molecule has 130 valence electrons. The van der Waals surface area contributed by atoms with E-state index >= 15 is 0 Å². The molecule has 0 fully saturated rings. The topological polar surface area (TPSA) is 15.3 Å². The molecule has 0 amide bonds. The van der Waals surface area contributed by atoms with E-state index in [0.717, 1.165) is 26.2 Å². The van der Waals surface area contributed by atoms with Crippen LogP contribution in [0.25, 0.3) is 0 Å². The van der Waals surface area contributed by atoms with Gasteiger partial charge >= 0.3 is 0 Å². The van der Waals surface area contributed by atoms with Gasteiger partial charge in [-0.15, -0.1) is 0 Å². The second kappa shape index (κ2) is 9.00. The zero-order chi connectivity index (χ0) is 17.4. The molecule has 1 atom stereocenters. The molecular weight excluding hydrogens is 292 g/mol. The van der Waals surface area contributed by atoms with Gasteiger partial charge in [-0.1, -0.05) is 67.6 Å². The highest BCUT2D eigenvalue weighted by atomic mass is 15.1. The molecule has 1 unspecified atom stereocenters. The second-order valence-corrected chi connectivity index (χ2v) is 7.88. The van der Waals surface area contributed by atoms with Crippen molar-refractivity contribution < 1.29 is 0 Å². The number of hydrogen-bond donors (Lipinski definition) is 1. The van der Waals surface area contributed by atoms with Gasteiger partial charge in [-0.05, 0) is 44.4 Å². The van der Waals surface area contributed by atoms with Crippen molar-refractivity contribution in [2.75, 3.05) is 13.1 Å². The maximum absolute atomic E-state index is 3.63. The fraction of sp³-hybridized carbons (Fsp3) is 0.455. The first kappa shape index (κ1) is 18.7. The summed E-state index contributed by atoms with van der Waals surface area (Å²) in [5.74, 6) is 0.608. The first-order chi connectivity index (χ1) is 11.4. The van der Waals surface area contributed by atoms with Gasteiger partial charge in [0.05, 0.1) is 0 Å². The van der Waals surface area contributed by atoms with E-state index in [2.05, 4.69) is 98.6 Å². The lowest BCUT2D eigenvalue weighted by Crippen LogP contribution is -2.41. The molecule has 2 rings (SSSR count). The number of nitrogens with one attached hydrogen (secondary N) is 1. The normalized spacial score (nSPS) is 13.2. The minimum Gasteiger partial charge on any atom is -0.312 e. The summed E-state index contributed by atoms with van der Waals surface area (Å²) in [6, 6.07) is 21.5. The summed E-state index contributed by atoms with van der Waals surface area (Å²) in [7, 11) is 0. The predicted molar refractivity (Wildman–Crippen MR) is 104 cm³/mol. The van der Waals surface area contributed by atoms with Crippen LogP contribution < -0.4 is 5.32 Å². The molecule has 0 saturated carbocycles. The van der Waals surface area contributed by atoms with E-state index in [1.165, 1.54) is 11.1 Å². The van der Waals surface area contributed by atoms with Crippen LogP contribution in [-0.4, -0.2) is 23.5 Å². The van der Waals surface area contributed by atoms with E-state index in [9.17, 15) is 0 Å². The molecule has 0 spiro atoms. The minimum atomic E-state index is 0.179. The second-order valence-electron chi connectivity index (χ2n) is 7.88. The highest BCUT2D eigenvalue weighted by molar-refractivity contribution is 5.17. The molecule has 24 heavy (non-hydrogen) atoms. The highest BCUT2D eigenvalue weighted by Gasteiger charge is 2.15. The summed E-state index contributed by atoms with van der Waals surface area (Å²) in [5, 5.41) is 3.63. The van der Waals surface area contributed by atoms with Crippen LogP contribution in [0.1, 0.15) is 38.8 Å². The van der Waals surface area contributed by atoms with Crippen LogP contribution in [0.3, 0.4) is 0 Å². The Kier molecular flexibility index (Phi) is 7.01. The van der Waals surface area contributed by atoms with E-state index in [4.69, 9.17) is 0 Å². The van der Waals surface area contributed by atoms with E-state index in [1.54, 1.807) is 0 Å². The van der Waals surface area contributed by atoms with Crippen molar-refractivity contribution in [1.29, 1.82) is 0 Å². The van der Waals surface area contributed by atoms with Crippen LogP contribution >= 0.6 is 0 Å². The maximum Gasteiger partial charge on any atom is 0.0237 e. The van der Waals surface area contributed by atoms with Gasteiger partial charge in [0, 0.05) is 25.2 Å². The van der Waals surface area contributed by atoms with Gasteiger partial charge in [0.15, 0.2) is 0 Å². The van der Waals surface area contributed by atoms with Crippen molar-refractivity contribution in [1.82, 2.24) is 10.2 Å². The summed E-state index contributed by atoms with van der Waals surface area (Å²) < 4.78 is 0. The third-order valence-corrected chi connectivity index (χ3v) is 4.05. The molecule has 0 bridgehead atoms. The van der Waals surface area contributed by atoms with E-state index in [0.29, 0.717) is 5.92 Å². The monoisotopic (exact) mass is 324 g/mol. The van der Waals surface area contributed by atoms with Crippen molar-refractivity contribution in [2.45, 2.75) is 46.3 Å². The number of rotatable bonds is 8. The van der Waals surface area contributed by atoms with Crippen molar-refractivity contribution in [3.63, 3.8) is 0 Å². The van der Waals surface area contributed by atoms with Gasteiger partial charge in [-0.3, -0.25) is 4.90 Å². The zero-order valence-corrected chi connectivity index (χ0v) is 15.6. The van der Waals surface area contributed by atoms with Gasteiger partial charge in [-0.25, -0.2) is 0 Å². The highest BCUT2D eigenvalue weighted by Crippen LogP contribution is 2.13. The van der Waals surface area contributed by atoms with Crippen LogP contribution in [0.5, 0.6) is 0 Å². The molecule has 0 aliphatic heterocycles. The SMILES string of the molecule is CC(CNC(C)(C)C)CN(Cc1ccccc1)Cc1ccccc1. The van der Waals surface area contributed by atoms with Crippen LogP contribution in [0.4, 0.5) is 0 Å². The van der Waals surface area contributed by atoms with Gasteiger partial charge < -0.3 is 5.32 Å². The average Bonchev–Trinajstić information content (AvgIpc) is 2.54. The Morgan fingerprint density at radius 1 is 0.833 bits per heavy atom. The van der Waals surface area contributed by atoms with Gasteiger partial charge in [0.25, 0.3) is 0 Å². The van der Waals surface area contributed by atoms with E-state index < -0.39 is 0 Å². The Hall–Kier alpha value is -1.64. The van der Waals surface area contributed by atoms with Crippen LogP contribution in [0.2, 0.25) is 0 Å². The fourth-order valence-corrected chi connectivity index (χ4v) is 2.85. The lowest BCUT2D eigenvalue weighted by atomic mass is 10.1. The molecule has 0 aliphatic rings. The van der Waals surface area contributed by atoms with Crippen molar-refractivity contribution in [2.24, 2.45) is 5.92 Å². The predicted octanol–water partition coefficient (Wildman–Crippen LogP) is 4.71. The summed E-state index contributed by atoms with van der Waals surface area (Å²) in [5.41, 5.74) is 2.94. The van der Waals surface area contributed by atoms with Crippen molar-refractivity contribution in [3.8, 4) is 0 Å². The standard InChI is InChI=1S/C22H32N2/c1-19(15-23-22(2,3)4)16-24(17-20-11-7-5-8-12-20)18-21-13-9-6-10-14-21/h5-14,19,23H,15-18H2,1-4H3. The smallest absolute Gasteiger partial charge is 0.0237 e. The molecular formula is C22H32N2. The molecule has 0 aromatic heterocycles. The Balaban J connectivity index is 1.99. The Labute approximate surface area is 147 Å². The molecule has 0 saturated heterocycles. The lowest BCUT2D eigenvalue weighted by molar-refractivity contribution is 0.212. The lowest BCUT2D eigenvalue weighted by Gasteiger charge is -2.29. The summed E-state index contributed by atoms with van der Waals surface area (Å²) >= 11 is 0.